The number of fused-ring (bicyclic) bond motifs is 3. The van der Waals surface area contributed by atoms with Gasteiger partial charge in [-0.25, -0.2) is 0 Å². The van der Waals surface area contributed by atoms with Crippen LogP contribution >= 0.6 is 0 Å². The first-order chi connectivity index (χ1) is 9.66. The van der Waals surface area contributed by atoms with Gasteiger partial charge in [0.2, 0.25) is 0 Å². The highest BCUT2D eigenvalue weighted by Gasteiger charge is 2.15. The third kappa shape index (κ3) is 2.03. The lowest BCUT2D eigenvalue weighted by molar-refractivity contribution is -0.136. The summed E-state index contributed by atoms with van der Waals surface area (Å²) in [6.45, 7) is 0. The third-order valence-corrected chi connectivity index (χ3v) is 3.26. The summed E-state index contributed by atoms with van der Waals surface area (Å²) in [7, 11) is 0. The highest BCUT2D eigenvalue weighted by atomic mass is 16.4. The van der Waals surface area contributed by atoms with E-state index in [0.717, 1.165) is 16.3 Å². The Bertz CT molecular complexity index is 820. The number of nitrogens with one attached hydrogen (secondary N) is 1. The lowest BCUT2D eigenvalue weighted by atomic mass is 10.1. The van der Waals surface area contributed by atoms with E-state index in [4.69, 9.17) is 5.11 Å². The summed E-state index contributed by atoms with van der Waals surface area (Å²) in [4.78, 5) is 29.9. The van der Waals surface area contributed by atoms with Crippen LogP contribution in [0.1, 0.15) is 23.3 Å². The predicted molar refractivity (Wildman–Crippen MR) is 74.8 cm³/mol. The standard InChI is InChI=1S/C15H12N2O3/c18-12(5-6-13(19)20)15-14-10(7-8-16-15)9-3-1-2-4-11(9)17-14/h1-4,7-8,17H,5-6H2,(H,19,20). The van der Waals surface area contributed by atoms with Crippen LogP contribution in [0.3, 0.4) is 0 Å². The SMILES string of the molecule is O=C(O)CCC(=O)c1nccc2c1[nH]c1ccccc12. The number of hydrogen-bond donors (Lipinski definition) is 2. The average molecular weight is 268 g/mol. The summed E-state index contributed by atoms with van der Waals surface area (Å²) in [5.41, 5.74) is 1.91. The molecule has 0 spiro atoms. The van der Waals surface area contributed by atoms with E-state index < -0.39 is 5.97 Å². The van der Waals surface area contributed by atoms with E-state index in [1.807, 2.05) is 30.3 Å². The Labute approximate surface area is 114 Å². The van der Waals surface area contributed by atoms with Crippen LogP contribution in [0.4, 0.5) is 0 Å². The third-order valence-electron chi connectivity index (χ3n) is 3.26. The van der Waals surface area contributed by atoms with Crippen molar-refractivity contribution < 1.29 is 14.7 Å². The average Bonchev–Trinajstić information content (AvgIpc) is 2.83. The van der Waals surface area contributed by atoms with Crippen LogP contribution in [-0.4, -0.2) is 26.8 Å². The first-order valence-corrected chi connectivity index (χ1v) is 6.27. The van der Waals surface area contributed by atoms with Crippen molar-refractivity contribution in [3.8, 4) is 0 Å². The summed E-state index contributed by atoms with van der Waals surface area (Å²) in [6.07, 6.45) is 1.35. The summed E-state index contributed by atoms with van der Waals surface area (Å²) >= 11 is 0. The number of rotatable bonds is 4. The van der Waals surface area contributed by atoms with Gasteiger partial charge in [-0.1, -0.05) is 18.2 Å². The maximum absolute atomic E-state index is 12.1. The lowest BCUT2D eigenvalue weighted by Gasteiger charge is -2.00. The van der Waals surface area contributed by atoms with Gasteiger partial charge < -0.3 is 10.1 Å². The molecule has 1 aromatic carbocycles. The van der Waals surface area contributed by atoms with Gasteiger partial charge in [0, 0.05) is 28.9 Å². The van der Waals surface area contributed by atoms with Gasteiger partial charge in [-0.3, -0.25) is 14.6 Å². The predicted octanol–water partition coefficient (Wildman–Crippen LogP) is 2.76. The van der Waals surface area contributed by atoms with Crippen molar-refractivity contribution in [3.05, 3.63) is 42.2 Å². The Kier molecular flexibility index (Phi) is 2.95. The smallest absolute Gasteiger partial charge is 0.303 e. The number of para-hydroxylation sites is 1. The molecule has 2 N–H and O–H groups in total. The molecule has 0 unspecified atom stereocenters. The van der Waals surface area contributed by atoms with Crippen molar-refractivity contribution in [3.63, 3.8) is 0 Å². The highest BCUT2D eigenvalue weighted by molar-refractivity contribution is 6.14. The molecule has 0 radical (unpaired) electrons. The Hall–Kier alpha value is -2.69. The molecule has 3 aromatic rings. The molecule has 0 aliphatic carbocycles. The van der Waals surface area contributed by atoms with Crippen LogP contribution in [0, 0.1) is 0 Å². The largest absolute Gasteiger partial charge is 0.481 e. The zero-order valence-corrected chi connectivity index (χ0v) is 10.6. The topological polar surface area (TPSA) is 83.0 Å². The number of hydrogen-bond acceptors (Lipinski definition) is 3. The fourth-order valence-corrected chi connectivity index (χ4v) is 2.32. The van der Waals surface area contributed by atoms with Crippen LogP contribution in [0.15, 0.2) is 36.5 Å². The molecule has 0 bridgehead atoms. The number of benzene rings is 1. The summed E-state index contributed by atoms with van der Waals surface area (Å²) in [5.74, 6) is -1.24. The van der Waals surface area contributed by atoms with E-state index >= 15 is 0 Å². The summed E-state index contributed by atoms with van der Waals surface area (Å²) < 4.78 is 0. The zero-order valence-electron chi connectivity index (χ0n) is 10.6. The number of aromatic amines is 1. The molecule has 0 atom stereocenters. The molecule has 5 heteroatoms. The molecule has 0 aliphatic rings. The maximum Gasteiger partial charge on any atom is 0.303 e. The van der Waals surface area contributed by atoms with Crippen molar-refractivity contribution in [2.24, 2.45) is 0 Å². The number of H-pyrrole nitrogens is 1. The molecule has 5 nitrogen and oxygen atoms in total. The van der Waals surface area contributed by atoms with E-state index in [2.05, 4.69) is 9.97 Å². The van der Waals surface area contributed by atoms with E-state index in [-0.39, 0.29) is 18.6 Å². The van der Waals surface area contributed by atoms with E-state index in [9.17, 15) is 9.59 Å². The fraction of sp³-hybridized carbons (Fsp3) is 0.133. The Balaban J connectivity index is 2.12. The minimum Gasteiger partial charge on any atom is -0.481 e. The van der Waals surface area contributed by atoms with Gasteiger partial charge in [-0.05, 0) is 12.1 Å². The van der Waals surface area contributed by atoms with E-state index in [1.165, 1.54) is 0 Å². The van der Waals surface area contributed by atoms with Gasteiger partial charge in [-0.15, -0.1) is 0 Å². The molecule has 0 saturated heterocycles. The number of pyridine rings is 1. The summed E-state index contributed by atoms with van der Waals surface area (Å²) in [5, 5.41) is 10.6. The highest BCUT2D eigenvalue weighted by Crippen LogP contribution is 2.26. The minimum atomic E-state index is -0.984. The molecule has 0 fully saturated rings. The minimum absolute atomic E-state index is 0.0448. The molecular formula is C15H12N2O3. The maximum atomic E-state index is 12.1. The number of carboxylic acids is 1. The van der Waals surface area contributed by atoms with Crippen LogP contribution in [-0.2, 0) is 4.79 Å². The van der Waals surface area contributed by atoms with Gasteiger partial charge in [0.1, 0.15) is 5.69 Å². The lowest BCUT2D eigenvalue weighted by Crippen LogP contribution is -2.06. The van der Waals surface area contributed by atoms with Crippen molar-refractivity contribution in [1.82, 2.24) is 9.97 Å². The number of aliphatic carboxylic acids is 1. The van der Waals surface area contributed by atoms with E-state index in [1.54, 1.807) is 6.20 Å². The first-order valence-electron chi connectivity index (χ1n) is 6.27. The number of carbonyl (C=O) groups is 2. The number of nitrogens with zero attached hydrogens (tertiary/aromatic N) is 1. The van der Waals surface area contributed by atoms with Crippen molar-refractivity contribution in [2.75, 3.05) is 0 Å². The first kappa shape index (κ1) is 12.3. The number of ketones is 1. The Morgan fingerprint density at radius 1 is 1.10 bits per heavy atom. The van der Waals surface area contributed by atoms with Crippen molar-refractivity contribution in [2.45, 2.75) is 12.8 Å². The normalized spacial score (nSPS) is 11.0. The van der Waals surface area contributed by atoms with E-state index in [0.29, 0.717) is 11.2 Å². The molecule has 0 amide bonds. The van der Waals surface area contributed by atoms with Crippen molar-refractivity contribution >= 4 is 33.6 Å². The Morgan fingerprint density at radius 3 is 2.70 bits per heavy atom. The summed E-state index contributed by atoms with van der Waals surface area (Å²) in [6, 6.07) is 9.60. The molecule has 100 valence electrons. The number of aromatic nitrogens is 2. The fourth-order valence-electron chi connectivity index (χ4n) is 2.32. The zero-order chi connectivity index (χ0) is 14.1. The van der Waals surface area contributed by atoms with Gasteiger partial charge in [0.15, 0.2) is 5.78 Å². The molecule has 0 aliphatic heterocycles. The molecule has 2 heterocycles. The monoisotopic (exact) mass is 268 g/mol. The second-order valence-corrected chi connectivity index (χ2v) is 4.57. The molecule has 2 aromatic heterocycles. The second-order valence-electron chi connectivity index (χ2n) is 4.57. The van der Waals surface area contributed by atoms with Gasteiger partial charge >= 0.3 is 5.97 Å². The molecule has 3 rings (SSSR count). The number of carbonyl (C=O) groups excluding carboxylic acids is 1. The van der Waals surface area contributed by atoms with Crippen LogP contribution in [0.5, 0.6) is 0 Å². The van der Waals surface area contributed by atoms with Gasteiger partial charge in [0.05, 0.1) is 11.9 Å². The van der Waals surface area contributed by atoms with Gasteiger partial charge in [-0.2, -0.15) is 0 Å². The van der Waals surface area contributed by atoms with Crippen LogP contribution in [0.25, 0.3) is 21.8 Å². The molecule has 0 saturated carbocycles. The molecule has 20 heavy (non-hydrogen) atoms. The number of Topliss-reactive ketones (excluding diaryl/α,β-unsaturated/α-hetero) is 1. The quantitative estimate of drug-likeness (QED) is 0.713. The second kappa shape index (κ2) is 4.77. The van der Waals surface area contributed by atoms with Crippen LogP contribution < -0.4 is 0 Å². The number of carboxylic acid groups (broad SMARTS) is 1. The van der Waals surface area contributed by atoms with Crippen molar-refractivity contribution in [1.29, 1.82) is 0 Å². The molecular weight excluding hydrogens is 256 g/mol. The van der Waals surface area contributed by atoms with Crippen LogP contribution in [0.2, 0.25) is 0 Å². The van der Waals surface area contributed by atoms with Gasteiger partial charge in [0.25, 0.3) is 0 Å². The Morgan fingerprint density at radius 2 is 1.90 bits per heavy atom.